The van der Waals surface area contributed by atoms with Crippen LogP contribution in [0.5, 0.6) is 0 Å². The number of nitrogens with zero attached hydrogens (tertiary/aromatic N) is 1. The van der Waals surface area contributed by atoms with Gasteiger partial charge >= 0.3 is 5.97 Å². The van der Waals surface area contributed by atoms with Gasteiger partial charge in [-0.05, 0) is 38.3 Å². The van der Waals surface area contributed by atoms with E-state index in [9.17, 15) is 4.79 Å². The van der Waals surface area contributed by atoms with Crippen LogP contribution in [0.1, 0.15) is 34.1 Å². The first kappa shape index (κ1) is 12.6. The van der Waals surface area contributed by atoms with E-state index >= 15 is 0 Å². The van der Waals surface area contributed by atoms with Gasteiger partial charge in [-0.2, -0.15) is 0 Å². The Bertz CT molecular complexity index is 311. The maximum atomic E-state index is 10.9. The Hall–Kier alpha value is -1.38. The molecule has 0 unspecified atom stereocenters. The zero-order valence-electron chi connectivity index (χ0n) is 9.22. The Labute approximate surface area is 84.9 Å². The van der Waals surface area contributed by atoms with Gasteiger partial charge in [0.2, 0.25) is 0 Å². The Morgan fingerprint density at radius 3 is 2.14 bits per heavy atom. The normalized spacial score (nSPS) is 13.6. The van der Waals surface area contributed by atoms with E-state index in [2.05, 4.69) is 11.6 Å². The fourth-order valence-electron chi connectivity index (χ4n) is 0.756. The Balaban J connectivity index is 5.18. The van der Waals surface area contributed by atoms with Crippen LogP contribution in [0.4, 0.5) is 0 Å². The molecule has 14 heavy (non-hydrogen) atoms. The van der Waals surface area contributed by atoms with Crippen molar-refractivity contribution in [2.24, 2.45) is 4.99 Å². The summed E-state index contributed by atoms with van der Waals surface area (Å²) in [4.78, 5) is 14.9. The van der Waals surface area contributed by atoms with Crippen LogP contribution in [0.15, 0.2) is 28.4 Å². The minimum atomic E-state index is -0.982. The van der Waals surface area contributed by atoms with E-state index in [4.69, 9.17) is 5.11 Å². The molecule has 0 spiro atoms. The van der Waals surface area contributed by atoms with E-state index in [0.717, 1.165) is 11.1 Å². The summed E-state index contributed by atoms with van der Waals surface area (Å²) in [6.45, 7) is 11.0. The predicted octanol–water partition coefficient (Wildman–Crippen LogP) is 2.79. The molecular formula is C11H17NO2. The molecule has 0 aliphatic rings. The maximum Gasteiger partial charge on any atom is 0.354 e. The van der Waals surface area contributed by atoms with Crippen molar-refractivity contribution in [1.82, 2.24) is 0 Å². The van der Waals surface area contributed by atoms with Gasteiger partial charge < -0.3 is 5.11 Å². The van der Waals surface area contributed by atoms with Crippen molar-refractivity contribution in [3.63, 3.8) is 0 Å². The predicted molar refractivity (Wildman–Crippen MR) is 58.5 cm³/mol. The molecule has 0 saturated heterocycles. The second-order valence-corrected chi connectivity index (χ2v) is 3.27. The molecule has 0 amide bonds. The number of hydrogen-bond donors (Lipinski definition) is 1. The summed E-state index contributed by atoms with van der Waals surface area (Å²) in [5, 5.41) is 8.91. The van der Waals surface area contributed by atoms with E-state index in [1.54, 1.807) is 20.8 Å². The molecule has 0 aromatic heterocycles. The van der Waals surface area contributed by atoms with Gasteiger partial charge in [-0.1, -0.05) is 13.5 Å². The standard InChI is InChI=1S/C11H17NO2/c1-6-8(4)10(11(13)14)12-9(5)7(2)3/h2,6H2,1,3-5H3,(H,13,14)/b10-8-,12-9-. The number of allylic oxidation sites excluding steroid dienone is 2. The minimum Gasteiger partial charge on any atom is -0.477 e. The van der Waals surface area contributed by atoms with Gasteiger partial charge in [-0.3, -0.25) is 0 Å². The quantitative estimate of drug-likeness (QED) is 0.554. The first-order valence-corrected chi connectivity index (χ1v) is 4.54. The average Bonchev–Trinajstić information content (AvgIpc) is 2.11. The van der Waals surface area contributed by atoms with E-state index < -0.39 is 5.97 Å². The lowest BCUT2D eigenvalue weighted by Crippen LogP contribution is -2.04. The number of carboxylic acid groups (broad SMARTS) is 1. The molecular weight excluding hydrogens is 178 g/mol. The van der Waals surface area contributed by atoms with Gasteiger partial charge in [-0.25, -0.2) is 9.79 Å². The van der Waals surface area contributed by atoms with Gasteiger partial charge in [0, 0.05) is 5.71 Å². The Morgan fingerprint density at radius 1 is 1.36 bits per heavy atom. The molecule has 0 radical (unpaired) electrons. The summed E-state index contributed by atoms with van der Waals surface area (Å²) in [7, 11) is 0. The lowest BCUT2D eigenvalue weighted by atomic mass is 10.1. The summed E-state index contributed by atoms with van der Waals surface area (Å²) < 4.78 is 0. The highest BCUT2D eigenvalue weighted by Crippen LogP contribution is 2.11. The molecule has 0 rings (SSSR count). The van der Waals surface area contributed by atoms with E-state index in [1.165, 1.54) is 0 Å². The molecule has 0 aliphatic carbocycles. The second-order valence-electron chi connectivity index (χ2n) is 3.27. The van der Waals surface area contributed by atoms with Gasteiger partial charge in [-0.15, -0.1) is 0 Å². The largest absolute Gasteiger partial charge is 0.477 e. The molecule has 0 saturated carbocycles. The van der Waals surface area contributed by atoms with Crippen molar-refractivity contribution < 1.29 is 9.90 Å². The molecule has 0 aliphatic heterocycles. The van der Waals surface area contributed by atoms with E-state index in [0.29, 0.717) is 12.1 Å². The van der Waals surface area contributed by atoms with Crippen LogP contribution in [0, 0.1) is 0 Å². The van der Waals surface area contributed by atoms with Crippen LogP contribution in [-0.2, 0) is 4.79 Å². The second kappa shape index (κ2) is 5.37. The number of aliphatic imine (C=N–C) groups is 1. The number of aliphatic carboxylic acids is 1. The summed E-state index contributed by atoms with van der Waals surface area (Å²) in [6, 6.07) is 0. The van der Waals surface area contributed by atoms with Crippen molar-refractivity contribution in [2.45, 2.75) is 34.1 Å². The Kier molecular flexibility index (Phi) is 4.84. The van der Waals surface area contributed by atoms with Crippen molar-refractivity contribution in [3.05, 3.63) is 23.4 Å². The van der Waals surface area contributed by atoms with Gasteiger partial charge in [0.15, 0.2) is 0 Å². The summed E-state index contributed by atoms with van der Waals surface area (Å²) >= 11 is 0. The highest BCUT2D eigenvalue weighted by atomic mass is 16.4. The fourth-order valence-corrected chi connectivity index (χ4v) is 0.756. The van der Waals surface area contributed by atoms with Crippen molar-refractivity contribution in [1.29, 1.82) is 0 Å². The minimum absolute atomic E-state index is 0.132. The SMILES string of the molecule is C=C(C)/C(C)=N\C(C(=O)O)=C(\C)CC. The molecule has 0 aromatic carbocycles. The zero-order valence-corrected chi connectivity index (χ0v) is 9.22. The lowest BCUT2D eigenvalue weighted by molar-refractivity contribution is -0.132. The third kappa shape index (κ3) is 3.56. The first-order chi connectivity index (χ1) is 6.40. The highest BCUT2D eigenvalue weighted by molar-refractivity contribution is 6.01. The fraction of sp³-hybridized carbons (Fsp3) is 0.455. The van der Waals surface area contributed by atoms with Crippen LogP contribution in [-0.4, -0.2) is 16.8 Å². The van der Waals surface area contributed by atoms with Crippen molar-refractivity contribution in [3.8, 4) is 0 Å². The average molecular weight is 195 g/mol. The first-order valence-electron chi connectivity index (χ1n) is 4.54. The molecule has 0 aromatic rings. The molecule has 0 fully saturated rings. The monoisotopic (exact) mass is 195 g/mol. The van der Waals surface area contributed by atoms with Crippen molar-refractivity contribution >= 4 is 11.7 Å². The molecule has 0 heterocycles. The summed E-state index contributed by atoms with van der Waals surface area (Å²) in [5.74, 6) is -0.982. The molecule has 78 valence electrons. The smallest absolute Gasteiger partial charge is 0.354 e. The van der Waals surface area contributed by atoms with Crippen LogP contribution >= 0.6 is 0 Å². The van der Waals surface area contributed by atoms with Crippen LogP contribution < -0.4 is 0 Å². The van der Waals surface area contributed by atoms with Crippen LogP contribution in [0.3, 0.4) is 0 Å². The Morgan fingerprint density at radius 2 is 1.86 bits per heavy atom. The van der Waals surface area contributed by atoms with E-state index in [1.807, 2.05) is 6.92 Å². The lowest BCUT2D eigenvalue weighted by Gasteiger charge is -2.03. The third-order valence-corrected chi connectivity index (χ3v) is 2.03. The topological polar surface area (TPSA) is 49.7 Å². The van der Waals surface area contributed by atoms with Gasteiger partial charge in [0.05, 0.1) is 0 Å². The third-order valence-electron chi connectivity index (χ3n) is 2.03. The van der Waals surface area contributed by atoms with E-state index in [-0.39, 0.29) is 5.70 Å². The summed E-state index contributed by atoms with van der Waals surface area (Å²) in [5.41, 5.74) is 2.36. The molecule has 3 nitrogen and oxygen atoms in total. The molecule has 0 atom stereocenters. The van der Waals surface area contributed by atoms with Crippen molar-refractivity contribution in [2.75, 3.05) is 0 Å². The number of carbonyl (C=O) groups is 1. The summed E-state index contributed by atoms with van der Waals surface area (Å²) in [6.07, 6.45) is 0.689. The molecule has 0 bridgehead atoms. The number of carboxylic acids is 1. The van der Waals surface area contributed by atoms with Crippen LogP contribution in [0.2, 0.25) is 0 Å². The zero-order chi connectivity index (χ0) is 11.3. The molecule has 3 heteroatoms. The van der Waals surface area contributed by atoms with Gasteiger partial charge in [0.25, 0.3) is 0 Å². The van der Waals surface area contributed by atoms with Crippen LogP contribution in [0.25, 0.3) is 0 Å². The van der Waals surface area contributed by atoms with Gasteiger partial charge in [0.1, 0.15) is 5.70 Å². The molecule has 1 N–H and O–H groups in total. The number of hydrogen-bond acceptors (Lipinski definition) is 2. The maximum absolute atomic E-state index is 10.9. The highest BCUT2D eigenvalue weighted by Gasteiger charge is 2.09. The number of rotatable bonds is 4.